The van der Waals surface area contributed by atoms with Crippen LogP contribution in [0.25, 0.3) is 0 Å². The van der Waals surface area contributed by atoms with Crippen LogP contribution in [0.1, 0.15) is 91.4 Å². The fraction of sp³-hybridized carbons (Fsp3) is 0.774. The molecule has 0 saturated heterocycles. The maximum absolute atomic E-state index is 13.8. The summed E-state index contributed by atoms with van der Waals surface area (Å²) >= 11 is 0. The van der Waals surface area contributed by atoms with Crippen molar-refractivity contribution >= 4 is 29.5 Å². The fourth-order valence-corrected chi connectivity index (χ4v) is 7.35. The van der Waals surface area contributed by atoms with Crippen molar-refractivity contribution in [1.82, 2.24) is 16.0 Å². The highest BCUT2D eigenvalue weighted by Crippen LogP contribution is 2.46. The summed E-state index contributed by atoms with van der Waals surface area (Å²) in [6.45, 7) is 4.96. The van der Waals surface area contributed by atoms with Gasteiger partial charge in [-0.2, -0.15) is 0 Å². The highest BCUT2D eigenvalue weighted by atomic mass is 16.3. The number of aliphatic hydroxyl groups is 1. The van der Waals surface area contributed by atoms with E-state index >= 15 is 0 Å². The minimum Gasteiger partial charge on any atom is -0.378 e. The number of carbonyl (C=O) groups excluding carboxylic acids is 5. The first kappa shape index (κ1) is 32.0. The summed E-state index contributed by atoms with van der Waals surface area (Å²) < 4.78 is 0. The molecule has 0 heterocycles. The van der Waals surface area contributed by atoms with E-state index in [-0.39, 0.29) is 41.9 Å². The molecule has 11 nitrogen and oxygen atoms in total. The SMILES string of the molecule is CCCC(NC(=O)C1C2C=CC(C2)C1NC(=O)C(NC(=O)CC1CCCCC1)C(C)(C)C(N)=O)C(O)(C(N)=O)C1CC1. The number of fused-ring (bicyclic) bond motifs is 2. The normalized spacial score (nSPS) is 28.4. The van der Waals surface area contributed by atoms with Crippen LogP contribution in [0.15, 0.2) is 12.2 Å². The first-order valence-electron chi connectivity index (χ1n) is 15.7. The van der Waals surface area contributed by atoms with Crippen LogP contribution in [0.2, 0.25) is 0 Å². The monoisotopic (exact) mass is 587 g/mol. The van der Waals surface area contributed by atoms with Crippen molar-refractivity contribution in [3.8, 4) is 0 Å². The molecule has 11 heteroatoms. The van der Waals surface area contributed by atoms with Gasteiger partial charge in [-0.3, -0.25) is 24.0 Å². The van der Waals surface area contributed by atoms with Gasteiger partial charge in [0, 0.05) is 12.5 Å². The molecule has 234 valence electrons. The summed E-state index contributed by atoms with van der Waals surface area (Å²) in [5.41, 5.74) is 8.11. The Morgan fingerprint density at radius 2 is 1.57 bits per heavy atom. The molecule has 4 aliphatic carbocycles. The molecule has 4 rings (SSSR count). The molecule has 2 bridgehead atoms. The third-order valence-electron chi connectivity index (χ3n) is 10.2. The molecule has 0 aliphatic heterocycles. The van der Waals surface area contributed by atoms with E-state index in [9.17, 15) is 29.1 Å². The Labute approximate surface area is 248 Å². The average Bonchev–Trinajstić information content (AvgIpc) is 3.60. The predicted octanol–water partition coefficient (Wildman–Crippen LogP) is 1.17. The quantitative estimate of drug-likeness (QED) is 0.165. The molecule has 0 spiro atoms. The second-order valence-corrected chi connectivity index (χ2v) is 13.6. The summed E-state index contributed by atoms with van der Waals surface area (Å²) in [7, 11) is 0. The number of nitrogens with one attached hydrogen (secondary N) is 3. The maximum Gasteiger partial charge on any atom is 0.251 e. The summed E-state index contributed by atoms with van der Waals surface area (Å²) in [5.74, 6) is -3.79. The van der Waals surface area contributed by atoms with Gasteiger partial charge in [-0.05, 0) is 76.0 Å². The van der Waals surface area contributed by atoms with E-state index in [1.807, 2.05) is 19.1 Å². The fourth-order valence-electron chi connectivity index (χ4n) is 7.35. The number of hydrogen-bond donors (Lipinski definition) is 6. The van der Waals surface area contributed by atoms with Crippen molar-refractivity contribution in [2.24, 2.45) is 46.5 Å². The van der Waals surface area contributed by atoms with Gasteiger partial charge in [-0.1, -0.05) is 44.8 Å². The lowest BCUT2D eigenvalue weighted by atomic mass is 9.81. The Balaban J connectivity index is 1.51. The van der Waals surface area contributed by atoms with Crippen LogP contribution in [0.3, 0.4) is 0 Å². The highest BCUT2D eigenvalue weighted by molar-refractivity contribution is 5.95. The summed E-state index contributed by atoms with van der Waals surface area (Å²) in [5, 5.41) is 20.0. The second kappa shape index (κ2) is 12.7. The third-order valence-corrected chi connectivity index (χ3v) is 10.2. The molecule has 7 unspecified atom stereocenters. The number of primary amides is 2. The van der Waals surface area contributed by atoms with E-state index in [1.165, 1.54) is 13.8 Å². The van der Waals surface area contributed by atoms with Gasteiger partial charge in [0.25, 0.3) is 5.91 Å². The largest absolute Gasteiger partial charge is 0.378 e. The van der Waals surface area contributed by atoms with Gasteiger partial charge in [0.05, 0.1) is 17.4 Å². The van der Waals surface area contributed by atoms with E-state index in [4.69, 9.17) is 11.5 Å². The number of nitrogens with two attached hydrogens (primary N) is 2. The van der Waals surface area contributed by atoms with Crippen molar-refractivity contribution < 1.29 is 29.1 Å². The van der Waals surface area contributed by atoms with E-state index in [0.29, 0.717) is 32.1 Å². The molecule has 0 radical (unpaired) electrons. The molecule has 4 aliphatic rings. The standard InChI is InChI=1S/C31H49N5O6/c1-4-8-21(31(42,29(33)41)20-13-14-20)34-26(38)23-18-11-12-19(16-18)24(23)36-27(39)25(30(2,3)28(32)40)35-22(37)15-17-9-6-5-7-10-17/h11-12,17-21,23-25,42H,4-10,13-16H2,1-3H3,(H2,32,40)(H2,33,41)(H,34,38)(H,35,37)(H,36,39). The van der Waals surface area contributed by atoms with Crippen molar-refractivity contribution in [3.05, 3.63) is 12.2 Å². The molecular formula is C31H49N5O6. The minimum absolute atomic E-state index is 0.118. The third kappa shape index (κ3) is 6.50. The molecule has 0 aromatic rings. The number of hydrogen-bond acceptors (Lipinski definition) is 6. The lowest BCUT2D eigenvalue weighted by molar-refractivity contribution is -0.145. The van der Waals surface area contributed by atoms with Crippen molar-refractivity contribution in [3.63, 3.8) is 0 Å². The van der Waals surface area contributed by atoms with Crippen LogP contribution in [-0.4, -0.2) is 58.4 Å². The summed E-state index contributed by atoms with van der Waals surface area (Å²) in [4.78, 5) is 65.4. The van der Waals surface area contributed by atoms with Crippen LogP contribution in [0, 0.1) is 35.0 Å². The molecule has 3 saturated carbocycles. The lowest BCUT2D eigenvalue weighted by Gasteiger charge is -2.37. The second-order valence-electron chi connectivity index (χ2n) is 13.6. The van der Waals surface area contributed by atoms with Crippen LogP contribution < -0.4 is 27.4 Å². The van der Waals surface area contributed by atoms with E-state index < -0.39 is 52.8 Å². The van der Waals surface area contributed by atoms with Gasteiger partial charge < -0.3 is 32.5 Å². The average molecular weight is 588 g/mol. The Morgan fingerprint density at radius 1 is 0.929 bits per heavy atom. The summed E-state index contributed by atoms with van der Waals surface area (Å²) in [6, 6.07) is -2.67. The highest BCUT2D eigenvalue weighted by Gasteiger charge is 2.56. The van der Waals surface area contributed by atoms with Crippen LogP contribution in [0.5, 0.6) is 0 Å². The van der Waals surface area contributed by atoms with Crippen molar-refractivity contribution in [1.29, 1.82) is 0 Å². The van der Waals surface area contributed by atoms with E-state index in [2.05, 4.69) is 16.0 Å². The van der Waals surface area contributed by atoms with Gasteiger partial charge in [0.15, 0.2) is 5.60 Å². The zero-order valence-electron chi connectivity index (χ0n) is 25.2. The van der Waals surface area contributed by atoms with Gasteiger partial charge in [0.2, 0.25) is 23.6 Å². The molecular weight excluding hydrogens is 538 g/mol. The zero-order chi connectivity index (χ0) is 30.8. The van der Waals surface area contributed by atoms with Gasteiger partial charge in [-0.25, -0.2) is 0 Å². The summed E-state index contributed by atoms with van der Waals surface area (Å²) in [6.07, 6.45) is 12.4. The van der Waals surface area contributed by atoms with Crippen molar-refractivity contribution in [2.75, 3.05) is 0 Å². The van der Waals surface area contributed by atoms with Crippen LogP contribution >= 0.6 is 0 Å². The number of allylic oxidation sites excluding steroid dienone is 1. The lowest BCUT2D eigenvalue weighted by Crippen LogP contribution is -2.64. The Kier molecular flexibility index (Phi) is 9.69. The van der Waals surface area contributed by atoms with Crippen LogP contribution in [-0.2, 0) is 24.0 Å². The number of rotatable bonds is 14. The zero-order valence-corrected chi connectivity index (χ0v) is 25.2. The molecule has 7 atom stereocenters. The van der Waals surface area contributed by atoms with Crippen molar-refractivity contribution in [2.45, 2.75) is 115 Å². The molecule has 5 amide bonds. The van der Waals surface area contributed by atoms with Gasteiger partial charge in [-0.15, -0.1) is 0 Å². The smallest absolute Gasteiger partial charge is 0.251 e. The predicted molar refractivity (Wildman–Crippen MR) is 156 cm³/mol. The Bertz CT molecular complexity index is 1100. The first-order valence-corrected chi connectivity index (χ1v) is 15.7. The Hall–Kier alpha value is -2.95. The molecule has 42 heavy (non-hydrogen) atoms. The number of carbonyl (C=O) groups is 5. The molecule has 8 N–H and O–H groups in total. The maximum atomic E-state index is 13.8. The molecule has 3 fully saturated rings. The molecule has 0 aromatic heterocycles. The first-order chi connectivity index (χ1) is 19.8. The van der Waals surface area contributed by atoms with E-state index in [1.54, 1.807) is 0 Å². The van der Waals surface area contributed by atoms with Crippen LogP contribution in [0.4, 0.5) is 0 Å². The van der Waals surface area contributed by atoms with E-state index in [0.717, 1.165) is 32.1 Å². The minimum atomic E-state index is -1.84. The number of amides is 5. The molecule has 0 aromatic carbocycles. The Morgan fingerprint density at radius 3 is 2.14 bits per heavy atom. The van der Waals surface area contributed by atoms with Gasteiger partial charge >= 0.3 is 0 Å². The topological polar surface area (TPSA) is 194 Å². The van der Waals surface area contributed by atoms with Gasteiger partial charge in [0.1, 0.15) is 6.04 Å².